The van der Waals surface area contributed by atoms with Crippen LogP contribution in [-0.2, 0) is 0 Å². The number of carbonyl (C=O) groups is 1. The van der Waals surface area contributed by atoms with E-state index < -0.39 is 5.91 Å². The third-order valence-electron chi connectivity index (χ3n) is 2.75. The number of amidine groups is 1. The maximum absolute atomic E-state index is 12.1. The molecule has 0 bridgehead atoms. The van der Waals surface area contributed by atoms with Crippen LogP contribution in [0.5, 0.6) is 5.75 Å². The minimum Gasteiger partial charge on any atom is -0.507 e. The highest BCUT2D eigenvalue weighted by atomic mass is 127. The second-order valence-corrected chi connectivity index (χ2v) is 5.42. The normalized spacial score (nSPS) is 11.2. The van der Waals surface area contributed by atoms with Gasteiger partial charge < -0.3 is 21.4 Å². The largest absolute Gasteiger partial charge is 0.507 e. The summed E-state index contributed by atoms with van der Waals surface area (Å²) in [6.07, 6.45) is 0. The van der Waals surface area contributed by atoms with Crippen molar-refractivity contribution in [2.75, 3.05) is 5.32 Å². The van der Waals surface area contributed by atoms with Crippen LogP contribution in [0.1, 0.15) is 15.9 Å². The van der Waals surface area contributed by atoms with E-state index in [0.717, 1.165) is 3.57 Å². The number of carbonyl (C=O) groups excluding carboxylic acids is 1. The van der Waals surface area contributed by atoms with Crippen molar-refractivity contribution in [2.24, 2.45) is 10.9 Å². The quantitative estimate of drug-likeness (QED) is 0.210. The van der Waals surface area contributed by atoms with Crippen molar-refractivity contribution in [1.29, 1.82) is 0 Å². The Bertz CT molecular complexity index is 699. The summed E-state index contributed by atoms with van der Waals surface area (Å²) < 4.78 is 0.845. The van der Waals surface area contributed by atoms with Crippen molar-refractivity contribution in [3.8, 4) is 5.75 Å². The fraction of sp³-hybridized carbons (Fsp3) is 0. The summed E-state index contributed by atoms with van der Waals surface area (Å²) in [5.74, 6) is -0.508. The van der Waals surface area contributed by atoms with E-state index in [0.29, 0.717) is 11.3 Å². The van der Waals surface area contributed by atoms with Gasteiger partial charge in [-0.1, -0.05) is 5.16 Å². The van der Waals surface area contributed by atoms with E-state index in [-0.39, 0.29) is 17.1 Å². The number of benzene rings is 2. The lowest BCUT2D eigenvalue weighted by atomic mass is 10.1. The molecule has 1 amide bonds. The maximum atomic E-state index is 12.1. The summed E-state index contributed by atoms with van der Waals surface area (Å²) in [5, 5.41) is 23.8. The van der Waals surface area contributed by atoms with Crippen LogP contribution in [0, 0.1) is 3.57 Å². The van der Waals surface area contributed by atoms with Gasteiger partial charge in [-0.2, -0.15) is 0 Å². The summed E-state index contributed by atoms with van der Waals surface area (Å²) >= 11 is 2.06. The molecule has 0 spiro atoms. The molecule has 0 atom stereocenters. The Morgan fingerprint density at radius 3 is 2.48 bits per heavy atom. The predicted octanol–water partition coefficient (Wildman–Crippen LogP) is 2.34. The average Bonchev–Trinajstić information content (AvgIpc) is 2.49. The number of hydrogen-bond acceptors (Lipinski definition) is 4. The van der Waals surface area contributed by atoms with Crippen LogP contribution in [0.15, 0.2) is 47.6 Å². The van der Waals surface area contributed by atoms with Crippen LogP contribution in [0.3, 0.4) is 0 Å². The van der Waals surface area contributed by atoms with Crippen LogP contribution >= 0.6 is 22.6 Å². The Balaban J connectivity index is 2.18. The zero-order valence-corrected chi connectivity index (χ0v) is 12.9. The number of aromatic hydroxyl groups is 1. The smallest absolute Gasteiger partial charge is 0.259 e. The Morgan fingerprint density at radius 2 is 1.86 bits per heavy atom. The SMILES string of the molecule is N/C(=N/O)c1ccc(NC(=O)c2cc(I)ccc2O)cc1. The van der Waals surface area contributed by atoms with Gasteiger partial charge in [-0.3, -0.25) is 4.79 Å². The van der Waals surface area contributed by atoms with Crippen LogP contribution in [0.2, 0.25) is 0 Å². The standard InChI is InChI=1S/C14H12IN3O3/c15-9-3-6-12(19)11(7-9)14(20)17-10-4-1-8(2-5-10)13(16)18-21/h1-7,19,21H,(H2,16,18)(H,17,20). The monoisotopic (exact) mass is 397 g/mol. The zero-order valence-electron chi connectivity index (χ0n) is 10.7. The molecule has 2 aromatic carbocycles. The zero-order chi connectivity index (χ0) is 15.4. The van der Waals surface area contributed by atoms with Gasteiger partial charge in [0, 0.05) is 14.8 Å². The average molecular weight is 397 g/mol. The number of phenolic OH excluding ortho intramolecular Hbond substituents is 1. The molecule has 2 aromatic rings. The van der Waals surface area contributed by atoms with E-state index in [1.807, 2.05) is 0 Å². The third-order valence-corrected chi connectivity index (χ3v) is 3.42. The fourth-order valence-corrected chi connectivity index (χ4v) is 2.16. The number of halogens is 1. The number of nitrogens with two attached hydrogens (primary N) is 1. The molecular formula is C14H12IN3O3. The molecule has 21 heavy (non-hydrogen) atoms. The van der Waals surface area contributed by atoms with E-state index in [1.54, 1.807) is 36.4 Å². The van der Waals surface area contributed by atoms with Crippen molar-refractivity contribution in [1.82, 2.24) is 0 Å². The highest BCUT2D eigenvalue weighted by molar-refractivity contribution is 14.1. The summed E-state index contributed by atoms with van der Waals surface area (Å²) in [6.45, 7) is 0. The predicted molar refractivity (Wildman–Crippen MR) is 87.7 cm³/mol. The minimum absolute atomic E-state index is 0.0110. The van der Waals surface area contributed by atoms with E-state index in [4.69, 9.17) is 10.9 Å². The van der Waals surface area contributed by atoms with Gasteiger partial charge in [-0.15, -0.1) is 0 Å². The number of nitrogens with one attached hydrogen (secondary N) is 1. The van der Waals surface area contributed by atoms with Crippen molar-refractivity contribution in [3.63, 3.8) is 0 Å². The molecule has 0 fully saturated rings. The van der Waals surface area contributed by atoms with Crippen molar-refractivity contribution in [3.05, 3.63) is 57.2 Å². The number of anilines is 1. The van der Waals surface area contributed by atoms with Crippen molar-refractivity contribution in [2.45, 2.75) is 0 Å². The van der Waals surface area contributed by atoms with Crippen LogP contribution < -0.4 is 11.1 Å². The van der Waals surface area contributed by atoms with E-state index in [2.05, 4.69) is 33.1 Å². The number of nitrogens with zero attached hydrogens (tertiary/aromatic N) is 1. The van der Waals surface area contributed by atoms with E-state index >= 15 is 0 Å². The van der Waals surface area contributed by atoms with Gasteiger partial charge in [-0.05, 0) is 65.1 Å². The summed E-state index contributed by atoms with van der Waals surface area (Å²) in [6, 6.07) is 11.2. The van der Waals surface area contributed by atoms with Gasteiger partial charge in [0.1, 0.15) is 5.75 Å². The molecule has 5 N–H and O–H groups in total. The second kappa shape index (κ2) is 6.44. The van der Waals surface area contributed by atoms with Crippen molar-refractivity contribution >= 4 is 40.0 Å². The Hall–Kier alpha value is -2.29. The van der Waals surface area contributed by atoms with Gasteiger partial charge >= 0.3 is 0 Å². The highest BCUT2D eigenvalue weighted by Gasteiger charge is 2.12. The molecule has 0 saturated carbocycles. The number of rotatable bonds is 3. The second-order valence-electron chi connectivity index (χ2n) is 4.18. The molecule has 2 rings (SSSR count). The minimum atomic E-state index is -0.414. The Morgan fingerprint density at radius 1 is 1.19 bits per heavy atom. The number of hydrogen-bond donors (Lipinski definition) is 4. The van der Waals surface area contributed by atoms with Gasteiger partial charge in [0.15, 0.2) is 5.84 Å². The number of phenols is 1. The Kier molecular flexibility index (Phi) is 4.63. The summed E-state index contributed by atoms with van der Waals surface area (Å²) in [7, 11) is 0. The first-order valence-electron chi connectivity index (χ1n) is 5.89. The molecule has 0 unspecified atom stereocenters. The topological polar surface area (TPSA) is 108 Å². The van der Waals surface area contributed by atoms with E-state index in [1.165, 1.54) is 6.07 Å². The van der Waals surface area contributed by atoms with Gasteiger partial charge in [0.25, 0.3) is 5.91 Å². The van der Waals surface area contributed by atoms with Gasteiger partial charge in [-0.25, -0.2) is 0 Å². The van der Waals surface area contributed by atoms with Gasteiger partial charge in [0.05, 0.1) is 5.56 Å². The van der Waals surface area contributed by atoms with Crippen LogP contribution in [-0.4, -0.2) is 22.1 Å². The van der Waals surface area contributed by atoms with Crippen LogP contribution in [0.25, 0.3) is 0 Å². The number of amides is 1. The third kappa shape index (κ3) is 3.63. The molecular weight excluding hydrogens is 385 g/mol. The molecule has 0 aliphatic heterocycles. The van der Waals surface area contributed by atoms with Crippen molar-refractivity contribution < 1.29 is 15.1 Å². The molecule has 0 saturated heterocycles. The summed E-state index contributed by atoms with van der Waals surface area (Å²) in [4.78, 5) is 12.1. The lowest BCUT2D eigenvalue weighted by Gasteiger charge is -2.08. The first-order valence-corrected chi connectivity index (χ1v) is 6.97. The van der Waals surface area contributed by atoms with E-state index in [9.17, 15) is 9.90 Å². The number of oxime groups is 1. The first kappa shape index (κ1) is 15.1. The Labute approximate surface area is 134 Å². The fourth-order valence-electron chi connectivity index (χ4n) is 1.67. The molecule has 0 heterocycles. The summed E-state index contributed by atoms with van der Waals surface area (Å²) in [5.41, 5.74) is 6.72. The molecule has 0 radical (unpaired) electrons. The lowest BCUT2D eigenvalue weighted by Crippen LogP contribution is -2.14. The molecule has 7 heteroatoms. The molecule has 0 aliphatic carbocycles. The molecule has 108 valence electrons. The lowest BCUT2D eigenvalue weighted by molar-refractivity contribution is 0.102. The first-order chi connectivity index (χ1) is 10.0. The maximum Gasteiger partial charge on any atom is 0.259 e. The van der Waals surface area contributed by atoms with Gasteiger partial charge in [0.2, 0.25) is 0 Å². The molecule has 6 nitrogen and oxygen atoms in total. The highest BCUT2D eigenvalue weighted by Crippen LogP contribution is 2.21. The molecule has 0 aromatic heterocycles. The molecule has 0 aliphatic rings. The van der Waals surface area contributed by atoms with Crippen LogP contribution in [0.4, 0.5) is 5.69 Å².